The van der Waals surface area contributed by atoms with Crippen LogP contribution in [0.15, 0.2) is 0 Å². The normalized spacial score (nSPS) is 30.2. The number of amides is 1. The number of hydrogen-bond donors (Lipinski definition) is 1. The SMILES string of the molecule is CC(C)C1CCCC(NC=O)C1. The maximum Gasteiger partial charge on any atom is 0.207 e. The molecule has 1 rings (SSSR count). The zero-order valence-corrected chi connectivity index (χ0v) is 8.05. The van der Waals surface area contributed by atoms with Crippen molar-refractivity contribution in [3.8, 4) is 0 Å². The Morgan fingerprint density at radius 3 is 2.75 bits per heavy atom. The van der Waals surface area contributed by atoms with Crippen LogP contribution in [-0.4, -0.2) is 12.5 Å². The van der Waals surface area contributed by atoms with E-state index in [0.29, 0.717) is 6.04 Å². The third-order valence-corrected chi connectivity index (χ3v) is 2.96. The molecule has 0 spiro atoms. The van der Waals surface area contributed by atoms with Crippen molar-refractivity contribution in [1.29, 1.82) is 0 Å². The Balaban J connectivity index is 2.34. The number of hydrogen-bond acceptors (Lipinski definition) is 1. The van der Waals surface area contributed by atoms with Gasteiger partial charge >= 0.3 is 0 Å². The lowest BCUT2D eigenvalue weighted by atomic mass is 9.79. The van der Waals surface area contributed by atoms with Crippen LogP contribution in [0.3, 0.4) is 0 Å². The van der Waals surface area contributed by atoms with Gasteiger partial charge in [-0.3, -0.25) is 4.79 Å². The van der Waals surface area contributed by atoms with Crippen LogP contribution in [0, 0.1) is 11.8 Å². The first-order valence-electron chi connectivity index (χ1n) is 4.93. The van der Waals surface area contributed by atoms with Gasteiger partial charge in [-0.25, -0.2) is 0 Å². The van der Waals surface area contributed by atoms with Crippen molar-refractivity contribution in [3.63, 3.8) is 0 Å². The van der Waals surface area contributed by atoms with E-state index >= 15 is 0 Å². The third-order valence-electron chi connectivity index (χ3n) is 2.96. The van der Waals surface area contributed by atoms with Gasteiger partial charge in [0.05, 0.1) is 0 Å². The molecule has 12 heavy (non-hydrogen) atoms. The summed E-state index contributed by atoms with van der Waals surface area (Å²) in [4.78, 5) is 10.2. The van der Waals surface area contributed by atoms with E-state index in [-0.39, 0.29) is 0 Å². The van der Waals surface area contributed by atoms with E-state index in [4.69, 9.17) is 0 Å². The van der Waals surface area contributed by atoms with Crippen molar-refractivity contribution in [2.24, 2.45) is 11.8 Å². The Bertz CT molecular complexity index is 145. The predicted molar refractivity (Wildman–Crippen MR) is 49.8 cm³/mol. The minimum absolute atomic E-state index is 0.448. The van der Waals surface area contributed by atoms with Crippen molar-refractivity contribution in [3.05, 3.63) is 0 Å². The first-order chi connectivity index (χ1) is 5.74. The number of carbonyl (C=O) groups is 1. The quantitative estimate of drug-likeness (QED) is 0.643. The highest BCUT2D eigenvalue weighted by Gasteiger charge is 2.23. The topological polar surface area (TPSA) is 29.1 Å². The summed E-state index contributed by atoms with van der Waals surface area (Å²) in [6.45, 7) is 4.54. The Kier molecular flexibility index (Phi) is 3.57. The summed E-state index contributed by atoms with van der Waals surface area (Å²) in [5.74, 6) is 1.58. The van der Waals surface area contributed by atoms with E-state index in [0.717, 1.165) is 18.2 Å². The van der Waals surface area contributed by atoms with Crippen LogP contribution in [0.5, 0.6) is 0 Å². The summed E-state index contributed by atoms with van der Waals surface area (Å²) in [6.07, 6.45) is 5.80. The summed E-state index contributed by atoms with van der Waals surface area (Å²) >= 11 is 0. The second kappa shape index (κ2) is 4.48. The van der Waals surface area contributed by atoms with Crippen molar-refractivity contribution >= 4 is 6.41 Å². The molecular formula is C10H19NO. The van der Waals surface area contributed by atoms with Crippen molar-refractivity contribution < 1.29 is 4.79 Å². The van der Waals surface area contributed by atoms with E-state index in [1.54, 1.807) is 0 Å². The average Bonchev–Trinajstić information content (AvgIpc) is 2.05. The van der Waals surface area contributed by atoms with Gasteiger partial charge in [-0.2, -0.15) is 0 Å². The Morgan fingerprint density at radius 1 is 1.42 bits per heavy atom. The third kappa shape index (κ3) is 2.50. The van der Waals surface area contributed by atoms with Gasteiger partial charge in [0.15, 0.2) is 0 Å². The van der Waals surface area contributed by atoms with E-state index in [2.05, 4.69) is 19.2 Å². The van der Waals surface area contributed by atoms with Gasteiger partial charge in [0.25, 0.3) is 0 Å². The molecule has 2 unspecified atom stereocenters. The maximum absolute atomic E-state index is 10.2. The smallest absolute Gasteiger partial charge is 0.207 e. The summed E-state index contributed by atoms with van der Waals surface area (Å²) in [7, 11) is 0. The molecule has 2 atom stereocenters. The molecule has 1 fully saturated rings. The summed E-state index contributed by atoms with van der Waals surface area (Å²) in [6, 6.07) is 0.448. The zero-order valence-electron chi connectivity index (χ0n) is 8.05. The van der Waals surface area contributed by atoms with Crippen LogP contribution >= 0.6 is 0 Å². The molecule has 0 aromatic heterocycles. The lowest BCUT2D eigenvalue weighted by Crippen LogP contribution is -2.34. The standard InChI is InChI=1S/C10H19NO/c1-8(2)9-4-3-5-10(6-9)11-7-12/h7-10H,3-6H2,1-2H3,(H,11,12). The van der Waals surface area contributed by atoms with Gasteiger partial charge in [0.2, 0.25) is 6.41 Å². The minimum Gasteiger partial charge on any atom is -0.356 e. The molecule has 0 radical (unpaired) electrons. The minimum atomic E-state index is 0.448. The Labute approximate surface area is 74.7 Å². The highest BCUT2D eigenvalue weighted by molar-refractivity contribution is 5.46. The van der Waals surface area contributed by atoms with Gasteiger partial charge in [0.1, 0.15) is 0 Å². The van der Waals surface area contributed by atoms with E-state index in [9.17, 15) is 4.79 Å². The summed E-state index contributed by atoms with van der Waals surface area (Å²) < 4.78 is 0. The van der Waals surface area contributed by atoms with Crippen LogP contribution in [0.2, 0.25) is 0 Å². The lowest BCUT2D eigenvalue weighted by Gasteiger charge is -2.31. The largest absolute Gasteiger partial charge is 0.356 e. The highest BCUT2D eigenvalue weighted by atomic mass is 16.1. The first-order valence-corrected chi connectivity index (χ1v) is 4.93. The first kappa shape index (κ1) is 9.56. The second-order valence-electron chi connectivity index (χ2n) is 4.15. The van der Waals surface area contributed by atoms with Crippen LogP contribution in [0.1, 0.15) is 39.5 Å². The fourth-order valence-electron chi connectivity index (χ4n) is 2.08. The molecule has 0 aliphatic heterocycles. The Hall–Kier alpha value is -0.530. The summed E-state index contributed by atoms with van der Waals surface area (Å²) in [5, 5.41) is 2.89. The maximum atomic E-state index is 10.2. The molecular weight excluding hydrogens is 150 g/mol. The number of rotatable bonds is 3. The fourth-order valence-corrected chi connectivity index (χ4v) is 2.08. The molecule has 0 bridgehead atoms. The van der Waals surface area contributed by atoms with Gasteiger partial charge in [-0.15, -0.1) is 0 Å². The van der Waals surface area contributed by atoms with Gasteiger partial charge in [-0.1, -0.05) is 26.7 Å². The van der Waals surface area contributed by atoms with Crippen molar-refractivity contribution in [2.75, 3.05) is 0 Å². The zero-order chi connectivity index (χ0) is 8.97. The van der Waals surface area contributed by atoms with E-state index < -0.39 is 0 Å². The molecule has 2 heteroatoms. The van der Waals surface area contributed by atoms with Crippen LogP contribution < -0.4 is 5.32 Å². The highest BCUT2D eigenvalue weighted by Crippen LogP contribution is 2.29. The van der Waals surface area contributed by atoms with E-state index in [1.807, 2.05) is 0 Å². The monoisotopic (exact) mass is 169 g/mol. The number of nitrogens with one attached hydrogen (secondary N) is 1. The number of carbonyl (C=O) groups excluding carboxylic acids is 1. The molecule has 1 saturated carbocycles. The molecule has 2 nitrogen and oxygen atoms in total. The molecule has 0 heterocycles. The predicted octanol–water partition coefficient (Wildman–Crippen LogP) is 1.95. The van der Waals surface area contributed by atoms with Crippen molar-refractivity contribution in [2.45, 2.75) is 45.6 Å². The van der Waals surface area contributed by atoms with E-state index in [1.165, 1.54) is 25.7 Å². The molecule has 1 N–H and O–H groups in total. The Morgan fingerprint density at radius 2 is 2.17 bits per heavy atom. The molecule has 1 amide bonds. The van der Waals surface area contributed by atoms with Gasteiger partial charge in [0, 0.05) is 6.04 Å². The molecule has 0 aromatic rings. The van der Waals surface area contributed by atoms with Gasteiger partial charge < -0.3 is 5.32 Å². The molecule has 0 aromatic carbocycles. The van der Waals surface area contributed by atoms with Crippen LogP contribution in [0.4, 0.5) is 0 Å². The van der Waals surface area contributed by atoms with Gasteiger partial charge in [-0.05, 0) is 24.7 Å². The average molecular weight is 169 g/mol. The second-order valence-corrected chi connectivity index (χ2v) is 4.15. The summed E-state index contributed by atoms with van der Waals surface area (Å²) in [5.41, 5.74) is 0. The van der Waals surface area contributed by atoms with Crippen molar-refractivity contribution in [1.82, 2.24) is 5.32 Å². The molecule has 1 aliphatic rings. The fraction of sp³-hybridized carbons (Fsp3) is 0.900. The van der Waals surface area contributed by atoms with Crippen LogP contribution in [-0.2, 0) is 4.79 Å². The van der Waals surface area contributed by atoms with Crippen LogP contribution in [0.25, 0.3) is 0 Å². The molecule has 1 aliphatic carbocycles. The molecule has 0 saturated heterocycles. The lowest BCUT2D eigenvalue weighted by molar-refractivity contribution is -0.110. The molecule has 70 valence electrons.